The van der Waals surface area contributed by atoms with E-state index in [2.05, 4.69) is 4.74 Å². The highest BCUT2D eigenvalue weighted by molar-refractivity contribution is 7.72. The SMILES string of the molecule is CC(=O)OC(C)(P(=O)(O)O)P(=O)(O)O. The highest BCUT2D eigenvalue weighted by atomic mass is 31.2. The smallest absolute Gasteiger partial charge is 0.381 e. The molecular weight excluding hydrogens is 238 g/mol. The zero-order valence-electron chi connectivity index (χ0n) is 7.32. The molecule has 0 rings (SSSR count). The molecule has 0 saturated heterocycles. The van der Waals surface area contributed by atoms with E-state index in [1.165, 1.54) is 0 Å². The van der Waals surface area contributed by atoms with Crippen molar-refractivity contribution in [3.63, 3.8) is 0 Å². The molecule has 0 amide bonds. The van der Waals surface area contributed by atoms with Crippen molar-refractivity contribution in [2.45, 2.75) is 18.9 Å². The summed E-state index contributed by atoms with van der Waals surface area (Å²) in [5.41, 5.74) is 0. The Morgan fingerprint density at radius 1 is 1.14 bits per heavy atom. The number of carbonyl (C=O) groups excluding carboxylic acids is 1. The second-order valence-corrected chi connectivity index (χ2v) is 6.85. The second-order valence-electron chi connectivity index (χ2n) is 2.62. The van der Waals surface area contributed by atoms with Gasteiger partial charge < -0.3 is 24.3 Å². The number of esters is 1. The number of rotatable bonds is 3. The van der Waals surface area contributed by atoms with Gasteiger partial charge in [0.1, 0.15) is 0 Å². The molecule has 0 fully saturated rings. The lowest BCUT2D eigenvalue weighted by molar-refractivity contribution is -0.146. The molecule has 0 saturated carbocycles. The number of hydrogen-bond acceptors (Lipinski definition) is 4. The Morgan fingerprint density at radius 3 is 1.50 bits per heavy atom. The lowest BCUT2D eigenvalue weighted by Gasteiger charge is -2.29. The van der Waals surface area contributed by atoms with Gasteiger partial charge in [0.05, 0.1) is 0 Å². The summed E-state index contributed by atoms with van der Waals surface area (Å²) in [5, 5.41) is -3.12. The van der Waals surface area contributed by atoms with Gasteiger partial charge in [0, 0.05) is 6.92 Å². The fourth-order valence-corrected chi connectivity index (χ4v) is 2.41. The molecule has 0 aromatic carbocycles. The van der Waals surface area contributed by atoms with Crippen molar-refractivity contribution in [1.82, 2.24) is 0 Å². The van der Waals surface area contributed by atoms with Crippen LogP contribution < -0.4 is 0 Å². The molecule has 0 radical (unpaired) electrons. The van der Waals surface area contributed by atoms with Crippen molar-refractivity contribution < 1.29 is 38.2 Å². The molecule has 0 aliphatic heterocycles. The summed E-state index contributed by atoms with van der Waals surface area (Å²) in [6.45, 7) is 1.26. The van der Waals surface area contributed by atoms with Gasteiger partial charge >= 0.3 is 26.2 Å². The molecule has 4 N–H and O–H groups in total. The Balaban J connectivity index is 5.41. The number of carbonyl (C=O) groups is 1. The van der Waals surface area contributed by atoms with Crippen LogP contribution >= 0.6 is 15.2 Å². The largest absolute Gasteiger partial charge is 0.433 e. The van der Waals surface area contributed by atoms with Gasteiger partial charge in [0.15, 0.2) is 0 Å². The van der Waals surface area contributed by atoms with Gasteiger partial charge in [-0.15, -0.1) is 0 Å². The molecule has 0 aliphatic rings. The van der Waals surface area contributed by atoms with E-state index in [1.807, 2.05) is 0 Å². The Bertz CT molecular complexity index is 300. The minimum atomic E-state index is -5.27. The van der Waals surface area contributed by atoms with E-state index in [0.717, 1.165) is 6.92 Å². The van der Waals surface area contributed by atoms with E-state index in [4.69, 9.17) is 19.6 Å². The van der Waals surface area contributed by atoms with E-state index < -0.39 is 26.2 Å². The van der Waals surface area contributed by atoms with Gasteiger partial charge in [-0.25, -0.2) is 0 Å². The van der Waals surface area contributed by atoms with Crippen LogP contribution in [0.4, 0.5) is 0 Å². The highest BCUT2D eigenvalue weighted by Crippen LogP contribution is 2.69. The third-order valence-corrected chi connectivity index (χ3v) is 5.33. The van der Waals surface area contributed by atoms with Crippen LogP contribution in [0.5, 0.6) is 0 Å². The average molecular weight is 248 g/mol. The van der Waals surface area contributed by atoms with E-state index in [-0.39, 0.29) is 0 Å². The van der Waals surface area contributed by atoms with Crippen LogP contribution in [0.2, 0.25) is 0 Å². The van der Waals surface area contributed by atoms with Gasteiger partial charge in [-0.3, -0.25) is 13.9 Å². The normalized spacial score (nSPS) is 13.9. The predicted molar refractivity (Wildman–Crippen MR) is 44.3 cm³/mol. The summed E-state index contributed by atoms with van der Waals surface area (Å²) >= 11 is 0. The van der Waals surface area contributed by atoms with Crippen molar-refractivity contribution in [2.75, 3.05) is 0 Å². The summed E-state index contributed by atoms with van der Waals surface area (Å²) < 4.78 is 25.5. The Kier molecular flexibility index (Phi) is 3.67. The van der Waals surface area contributed by atoms with Crippen LogP contribution in [0.3, 0.4) is 0 Å². The lowest BCUT2D eigenvalue weighted by atomic mass is 10.7. The summed E-state index contributed by atoms with van der Waals surface area (Å²) in [6, 6.07) is 0. The van der Waals surface area contributed by atoms with Crippen LogP contribution in [-0.2, 0) is 18.7 Å². The Morgan fingerprint density at radius 2 is 1.43 bits per heavy atom. The van der Waals surface area contributed by atoms with E-state index in [9.17, 15) is 13.9 Å². The minimum absolute atomic E-state index is 0.482. The average Bonchev–Trinajstić information content (AvgIpc) is 1.79. The summed E-state index contributed by atoms with van der Waals surface area (Å²) in [4.78, 5) is 45.1. The van der Waals surface area contributed by atoms with Crippen LogP contribution in [0.25, 0.3) is 0 Å². The van der Waals surface area contributed by atoms with Crippen molar-refractivity contribution in [1.29, 1.82) is 0 Å². The first kappa shape index (κ1) is 13.8. The molecule has 0 aliphatic carbocycles. The molecule has 0 unspecified atom stereocenters. The molecular formula is C4H10O8P2. The first-order valence-electron chi connectivity index (χ1n) is 3.22. The first-order chi connectivity index (χ1) is 5.92. The van der Waals surface area contributed by atoms with Crippen LogP contribution in [-0.4, -0.2) is 30.6 Å². The minimum Gasteiger partial charge on any atom is -0.433 e. The van der Waals surface area contributed by atoms with Crippen molar-refractivity contribution in [3.05, 3.63) is 0 Å². The molecule has 0 spiro atoms. The van der Waals surface area contributed by atoms with E-state index >= 15 is 0 Å². The Labute approximate surface area is 79.2 Å². The molecule has 0 atom stereocenters. The molecule has 0 aromatic heterocycles. The number of ether oxygens (including phenoxy) is 1. The van der Waals surface area contributed by atoms with Gasteiger partial charge in [-0.1, -0.05) is 0 Å². The first-order valence-corrected chi connectivity index (χ1v) is 6.45. The second kappa shape index (κ2) is 3.73. The van der Waals surface area contributed by atoms with Crippen LogP contribution in [0, 0.1) is 0 Å². The fraction of sp³-hybridized carbons (Fsp3) is 0.750. The maximum absolute atomic E-state index is 10.8. The van der Waals surface area contributed by atoms with Gasteiger partial charge in [-0.2, -0.15) is 0 Å². The lowest BCUT2D eigenvalue weighted by Crippen LogP contribution is -2.30. The molecule has 0 aromatic rings. The monoisotopic (exact) mass is 248 g/mol. The third kappa shape index (κ3) is 2.63. The van der Waals surface area contributed by atoms with Crippen molar-refractivity contribution in [2.24, 2.45) is 0 Å². The Hall–Kier alpha value is -0.230. The maximum atomic E-state index is 10.8. The van der Waals surface area contributed by atoms with Crippen LogP contribution in [0.15, 0.2) is 0 Å². The van der Waals surface area contributed by atoms with Crippen molar-refractivity contribution in [3.8, 4) is 0 Å². The molecule has 0 bridgehead atoms. The zero-order valence-corrected chi connectivity index (χ0v) is 9.11. The fourth-order valence-electron chi connectivity index (χ4n) is 0.561. The summed E-state index contributed by atoms with van der Waals surface area (Å²) in [7, 11) is -10.5. The quantitative estimate of drug-likeness (QED) is 0.389. The van der Waals surface area contributed by atoms with Crippen molar-refractivity contribution >= 4 is 21.2 Å². The zero-order chi connectivity index (χ0) is 11.8. The van der Waals surface area contributed by atoms with Gasteiger partial charge in [-0.05, 0) is 6.92 Å². The standard InChI is InChI=1S/C4H10O8P2/c1-3(5)12-4(2,13(6,7)8)14(9,10)11/h1-2H3,(H2,6,7,8)(H2,9,10,11). The van der Waals surface area contributed by atoms with Crippen LogP contribution in [0.1, 0.15) is 13.8 Å². The molecule has 8 nitrogen and oxygen atoms in total. The third-order valence-electron chi connectivity index (χ3n) is 1.42. The molecule has 84 valence electrons. The van der Waals surface area contributed by atoms with E-state index in [1.54, 1.807) is 0 Å². The number of hydrogen-bond donors (Lipinski definition) is 4. The summed E-state index contributed by atoms with van der Waals surface area (Å²) in [6.07, 6.45) is 0. The maximum Gasteiger partial charge on any atom is 0.381 e. The molecule has 0 heterocycles. The van der Waals surface area contributed by atoms with E-state index in [0.29, 0.717) is 6.92 Å². The van der Waals surface area contributed by atoms with Gasteiger partial charge in [0.2, 0.25) is 0 Å². The predicted octanol–water partition coefficient (Wildman–Crippen LogP) is -0.421. The molecule has 10 heteroatoms. The topological polar surface area (TPSA) is 141 Å². The highest BCUT2D eigenvalue weighted by Gasteiger charge is 2.59. The molecule has 14 heavy (non-hydrogen) atoms. The van der Waals surface area contributed by atoms with Gasteiger partial charge in [0.25, 0.3) is 0 Å². The summed E-state index contributed by atoms with van der Waals surface area (Å²) in [5.74, 6) is -1.20.